The third-order valence-electron chi connectivity index (χ3n) is 1.88. The Morgan fingerprint density at radius 1 is 1.25 bits per heavy atom. The van der Waals surface area contributed by atoms with Gasteiger partial charge in [-0.15, -0.1) is 0 Å². The molecule has 0 fully saturated rings. The molecule has 0 spiro atoms. The monoisotopic (exact) mass is 268 g/mol. The van der Waals surface area contributed by atoms with Gasteiger partial charge in [-0.25, -0.2) is 13.1 Å². The van der Waals surface area contributed by atoms with E-state index in [1.165, 1.54) is 0 Å². The summed E-state index contributed by atoms with van der Waals surface area (Å²) in [6, 6.07) is 0.331. The van der Waals surface area contributed by atoms with Gasteiger partial charge in [0.25, 0.3) is 0 Å². The van der Waals surface area contributed by atoms with E-state index in [4.69, 9.17) is 0 Å². The molecule has 2 N–H and O–H groups in total. The molecule has 0 aromatic heterocycles. The largest absolute Gasteiger partial charge is 0.313 e. The summed E-state index contributed by atoms with van der Waals surface area (Å²) in [6.07, 6.45) is 0. The molecule has 4 nitrogen and oxygen atoms in total. The Morgan fingerprint density at radius 2 is 1.88 bits per heavy atom. The van der Waals surface area contributed by atoms with Crippen LogP contribution < -0.4 is 10.0 Å². The Morgan fingerprint density at radius 3 is 2.38 bits per heavy atom. The van der Waals surface area contributed by atoms with Gasteiger partial charge in [0.15, 0.2) is 0 Å². The van der Waals surface area contributed by atoms with E-state index in [0.29, 0.717) is 12.6 Å². The zero-order chi connectivity index (χ0) is 12.6. The van der Waals surface area contributed by atoms with Crippen molar-refractivity contribution < 1.29 is 8.42 Å². The molecule has 0 saturated heterocycles. The number of hydrogen-bond acceptors (Lipinski definition) is 4. The minimum Gasteiger partial charge on any atom is -0.313 e. The van der Waals surface area contributed by atoms with E-state index in [-0.39, 0.29) is 11.8 Å². The van der Waals surface area contributed by atoms with Crippen LogP contribution >= 0.6 is 11.8 Å². The SMILES string of the molecule is CCSCC(C)NS(=O)(=O)CCNC(C)C. The number of hydrogen-bond donors (Lipinski definition) is 2. The first-order valence-electron chi connectivity index (χ1n) is 5.68. The highest BCUT2D eigenvalue weighted by Crippen LogP contribution is 2.02. The lowest BCUT2D eigenvalue weighted by Crippen LogP contribution is -2.39. The van der Waals surface area contributed by atoms with Crippen LogP contribution in [0.2, 0.25) is 0 Å². The fourth-order valence-corrected chi connectivity index (χ4v) is 3.15. The molecule has 0 aromatic carbocycles. The molecule has 0 heterocycles. The summed E-state index contributed by atoms with van der Waals surface area (Å²) in [7, 11) is -3.13. The number of rotatable bonds is 9. The van der Waals surface area contributed by atoms with Gasteiger partial charge in [0.05, 0.1) is 5.75 Å². The summed E-state index contributed by atoms with van der Waals surface area (Å²) < 4.78 is 25.9. The quantitative estimate of drug-likeness (QED) is 0.656. The molecular formula is C10H24N2O2S2. The van der Waals surface area contributed by atoms with Gasteiger partial charge in [0.2, 0.25) is 10.0 Å². The predicted octanol–water partition coefficient (Wildman–Crippen LogP) is 1.05. The Labute approximate surface area is 104 Å². The molecular weight excluding hydrogens is 244 g/mol. The van der Waals surface area contributed by atoms with E-state index in [9.17, 15) is 8.42 Å². The van der Waals surface area contributed by atoms with E-state index < -0.39 is 10.0 Å². The Bertz CT molecular complexity index is 266. The van der Waals surface area contributed by atoms with Crippen LogP contribution in [0.4, 0.5) is 0 Å². The molecule has 0 bridgehead atoms. The van der Waals surface area contributed by atoms with E-state index >= 15 is 0 Å². The van der Waals surface area contributed by atoms with Crippen LogP contribution in [0.15, 0.2) is 0 Å². The molecule has 6 heteroatoms. The second kappa shape index (κ2) is 8.33. The van der Waals surface area contributed by atoms with Gasteiger partial charge in [0, 0.05) is 24.4 Å². The van der Waals surface area contributed by atoms with Crippen LogP contribution in [0.25, 0.3) is 0 Å². The molecule has 0 radical (unpaired) electrons. The number of nitrogens with one attached hydrogen (secondary N) is 2. The zero-order valence-corrected chi connectivity index (χ0v) is 12.2. The fraction of sp³-hybridized carbons (Fsp3) is 1.00. The molecule has 0 rings (SSSR count). The van der Waals surface area contributed by atoms with Crippen LogP contribution in [0.1, 0.15) is 27.7 Å². The molecule has 0 aromatic rings. The highest BCUT2D eigenvalue weighted by atomic mass is 32.2. The van der Waals surface area contributed by atoms with Crippen molar-refractivity contribution >= 4 is 21.8 Å². The van der Waals surface area contributed by atoms with Gasteiger partial charge < -0.3 is 5.32 Å². The molecule has 0 saturated carbocycles. The van der Waals surface area contributed by atoms with Crippen molar-refractivity contribution in [3.05, 3.63) is 0 Å². The highest BCUT2D eigenvalue weighted by Gasteiger charge is 2.13. The van der Waals surface area contributed by atoms with Crippen molar-refractivity contribution in [3.8, 4) is 0 Å². The topological polar surface area (TPSA) is 58.2 Å². The van der Waals surface area contributed by atoms with Crippen molar-refractivity contribution in [3.63, 3.8) is 0 Å². The second-order valence-corrected chi connectivity index (χ2v) is 7.30. The smallest absolute Gasteiger partial charge is 0.213 e. The van der Waals surface area contributed by atoms with Crippen LogP contribution in [0.3, 0.4) is 0 Å². The molecule has 1 unspecified atom stereocenters. The first kappa shape index (κ1) is 16.2. The van der Waals surface area contributed by atoms with E-state index in [0.717, 1.165) is 11.5 Å². The van der Waals surface area contributed by atoms with Gasteiger partial charge in [-0.1, -0.05) is 20.8 Å². The first-order chi connectivity index (χ1) is 7.37. The maximum atomic E-state index is 11.6. The van der Waals surface area contributed by atoms with Crippen molar-refractivity contribution in [2.24, 2.45) is 0 Å². The second-order valence-electron chi connectivity index (χ2n) is 4.11. The third kappa shape index (κ3) is 9.45. The van der Waals surface area contributed by atoms with Crippen molar-refractivity contribution in [1.82, 2.24) is 10.0 Å². The average Bonchev–Trinajstić information content (AvgIpc) is 2.12. The highest BCUT2D eigenvalue weighted by molar-refractivity contribution is 7.99. The molecule has 16 heavy (non-hydrogen) atoms. The summed E-state index contributed by atoms with van der Waals surface area (Å²) in [6.45, 7) is 8.47. The van der Waals surface area contributed by atoms with E-state index in [1.807, 2.05) is 20.8 Å². The Balaban J connectivity index is 3.85. The molecule has 0 aliphatic rings. The Hall–Kier alpha value is 0.220. The standard InChI is InChI=1S/C10H24N2O2S2/c1-5-15-8-10(4)12-16(13,14)7-6-11-9(2)3/h9-12H,5-8H2,1-4H3. The van der Waals surface area contributed by atoms with Crippen molar-refractivity contribution in [2.75, 3.05) is 23.8 Å². The summed E-state index contributed by atoms with van der Waals surface area (Å²) in [4.78, 5) is 0. The third-order valence-corrected chi connectivity index (χ3v) is 4.52. The first-order valence-corrected chi connectivity index (χ1v) is 8.49. The van der Waals surface area contributed by atoms with Crippen LogP contribution in [-0.4, -0.2) is 44.3 Å². The van der Waals surface area contributed by atoms with Crippen LogP contribution in [0, 0.1) is 0 Å². The van der Waals surface area contributed by atoms with Gasteiger partial charge >= 0.3 is 0 Å². The van der Waals surface area contributed by atoms with E-state index in [1.54, 1.807) is 11.8 Å². The van der Waals surface area contributed by atoms with Gasteiger partial charge in [0.1, 0.15) is 0 Å². The zero-order valence-electron chi connectivity index (χ0n) is 10.6. The summed E-state index contributed by atoms with van der Waals surface area (Å²) >= 11 is 1.74. The number of thioether (sulfide) groups is 1. The van der Waals surface area contributed by atoms with Crippen LogP contribution in [-0.2, 0) is 10.0 Å². The summed E-state index contributed by atoms with van der Waals surface area (Å²) in [5.41, 5.74) is 0. The summed E-state index contributed by atoms with van der Waals surface area (Å²) in [5.74, 6) is 1.99. The Kier molecular flexibility index (Phi) is 8.45. The lowest BCUT2D eigenvalue weighted by atomic mass is 10.4. The van der Waals surface area contributed by atoms with Crippen molar-refractivity contribution in [2.45, 2.75) is 39.8 Å². The molecule has 1 atom stereocenters. The summed E-state index contributed by atoms with van der Waals surface area (Å²) in [5, 5.41) is 3.09. The van der Waals surface area contributed by atoms with E-state index in [2.05, 4.69) is 17.0 Å². The minimum atomic E-state index is -3.13. The maximum Gasteiger partial charge on any atom is 0.213 e. The van der Waals surface area contributed by atoms with Gasteiger partial charge in [-0.2, -0.15) is 11.8 Å². The number of sulfonamides is 1. The molecule has 0 aliphatic heterocycles. The van der Waals surface area contributed by atoms with Crippen LogP contribution in [0.5, 0.6) is 0 Å². The normalized spacial score (nSPS) is 14.3. The van der Waals surface area contributed by atoms with Crippen molar-refractivity contribution in [1.29, 1.82) is 0 Å². The lowest BCUT2D eigenvalue weighted by Gasteiger charge is -2.14. The molecule has 0 amide bonds. The molecule has 0 aliphatic carbocycles. The average molecular weight is 268 g/mol. The fourth-order valence-electron chi connectivity index (χ4n) is 1.18. The van der Waals surface area contributed by atoms with Gasteiger partial charge in [-0.05, 0) is 12.7 Å². The molecule has 98 valence electrons. The minimum absolute atomic E-state index is 0.00833. The maximum absolute atomic E-state index is 11.6. The lowest BCUT2D eigenvalue weighted by molar-refractivity contribution is 0.558. The predicted molar refractivity (Wildman–Crippen MR) is 72.5 cm³/mol. The van der Waals surface area contributed by atoms with Gasteiger partial charge in [-0.3, -0.25) is 0 Å².